The predicted molar refractivity (Wildman–Crippen MR) is 72.3 cm³/mol. The maximum Gasteiger partial charge on any atom is 0.128 e. The molecule has 0 spiro atoms. The number of aromatic nitrogens is 2. The minimum absolute atomic E-state index is 0.253. The number of hydrogen-bond acceptors (Lipinski definition) is 2. The summed E-state index contributed by atoms with van der Waals surface area (Å²) in [6.45, 7) is 1.29. The van der Waals surface area contributed by atoms with E-state index in [0.717, 1.165) is 24.7 Å². The molecule has 2 aromatic rings. The van der Waals surface area contributed by atoms with Gasteiger partial charge in [0, 0.05) is 17.8 Å². The highest BCUT2D eigenvalue weighted by Gasteiger charge is 2.19. The average Bonchev–Trinajstić information content (AvgIpc) is 2.92. The summed E-state index contributed by atoms with van der Waals surface area (Å²) >= 11 is 0. The van der Waals surface area contributed by atoms with Crippen molar-refractivity contribution in [2.45, 2.75) is 31.8 Å². The number of nitrogens with one attached hydrogen (secondary N) is 1. The highest BCUT2D eigenvalue weighted by molar-refractivity contribution is 5.20. The summed E-state index contributed by atoms with van der Waals surface area (Å²) in [4.78, 5) is 4.15. The van der Waals surface area contributed by atoms with E-state index in [1.165, 1.54) is 25.0 Å². The molecule has 20 heavy (non-hydrogen) atoms. The van der Waals surface area contributed by atoms with Gasteiger partial charge in [0.15, 0.2) is 0 Å². The SMILES string of the molecule is Fc1ccc(F)c(Cn2cncc2C2CCCCN2)c1. The molecule has 3 rings (SSSR count). The first-order valence-corrected chi connectivity index (χ1v) is 6.91. The molecule has 1 aromatic carbocycles. The first-order chi connectivity index (χ1) is 9.74. The molecule has 0 aliphatic carbocycles. The number of hydrogen-bond donors (Lipinski definition) is 1. The van der Waals surface area contributed by atoms with Crippen molar-refractivity contribution in [3.8, 4) is 0 Å². The third-order valence-corrected chi connectivity index (χ3v) is 3.76. The fourth-order valence-electron chi connectivity index (χ4n) is 2.71. The summed E-state index contributed by atoms with van der Waals surface area (Å²) in [5, 5.41) is 3.45. The quantitative estimate of drug-likeness (QED) is 0.934. The van der Waals surface area contributed by atoms with Crippen molar-refractivity contribution in [2.75, 3.05) is 6.54 Å². The first kappa shape index (κ1) is 13.2. The largest absolute Gasteiger partial charge is 0.329 e. The van der Waals surface area contributed by atoms with Crippen LogP contribution in [0, 0.1) is 11.6 Å². The highest BCUT2D eigenvalue weighted by Crippen LogP contribution is 2.23. The van der Waals surface area contributed by atoms with Crippen LogP contribution in [0.25, 0.3) is 0 Å². The molecule has 1 aromatic heterocycles. The van der Waals surface area contributed by atoms with Gasteiger partial charge in [0.05, 0.1) is 18.6 Å². The molecule has 1 atom stereocenters. The van der Waals surface area contributed by atoms with Crippen molar-refractivity contribution in [1.82, 2.24) is 14.9 Å². The van der Waals surface area contributed by atoms with E-state index in [0.29, 0.717) is 12.1 Å². The van der Waals surface area contributed by atoms with Crippen LogP contribution in [0.5, 0.6) is 0 Å². The Bertz CT molecular complexity index is 589. The van der Waals surface area contributed by atoms with Gasteiger partial charge in [-0.05, 0) is 37.6 Å². The van der Waals surface area contributed by atoms with Crippen LogP contribution < -0.4 is 5.32 Å². The van der Waals surface area contributed by atoms with Gasteiger partial charge in [0.2, 0.25) is 0 Å². The molecule has 1 unspecified atom stereocenters. The lowest BCUT2D eigenvalue weighted by Crippen LogP contribution is -2.28. The monoisotopic (exact) mass is 277 g/mol. The van der Waals surface area contributed by atoms with Gasteiger partial charge in [-0.25, -0.2) is 13.8 Å². The molecular formula is C15H17F2N3. The van der Waals surface area contributed by atoms with Crippen LogP contribution in [0.3, 0.4) is 0 Å². The van der Waals surface area contributed by atoms with Gasteiger partial charge >= 0.3 is 0 Å². The lowest BCUT2D eigenvalue weighted by molar-refractivity contribution is 0.395. The third kappa shape index (κ3) is 2.72. The minimum Gasteiger partial charge on any atom is -0.329 e. The van der Waals surface area contributed by atoms with Crippen molar-refractivity contribution in [3.63, 3.8) is 0 Å². The fourth-order valence-corrected chi connectivity index (χ4v) is 2.71. The lowest BCUT2D eigenvalue weighted by Gasteiger charge is -2.24. The maximum atomic E-state index is 13.7. The number of benzene rings is 1. The molecule has 3 nitrogen and oxygen atoms in total. The van der Waals surface area contributed by atoms with Crippen LogP contribution in [0.15, 0.2) is 30.7 Å². The lowest BCUT2D eigenvalue weighted by atomic mass is 10.0. The van der Waals surface area contributed by atoms with Gasteiger partial charge in [-0.2, -0.15) is 0 Å². The number of imidazole rings is 1. The fraction of sp³-hybridized carbons (Fsp3) is 0.400. The van der Waals surface area contributed by atoms with E-state index in [4.69, 9.17) is 0 Å². The zero-order valence-electron chi connectivity index (χ0n) is 11.1. The molecule has 0 amide bonds. The van der Waals surface area contributed by atoms with E-state index in [9.17, 15) is 8.78 Å². The molecule has 0 saturated carbocycles. The predicted octanol–water partition coefficient (Wildman–Crippen LogP) is 3.02. The molecule has 1 aliphatic heterocycles. The molecule has 0 bridgehead atoms. The number of halogens is 2. The van der Waals surface area contributed by atoms with Crippen LogP contribution in [0.1, 0.15) is 36.6 Å². The van der Waals surface area contributed by atoms with Crippen LogP contribution in [-0.4, -0.2) is 16.1 Å². The summed E-state index contributed by atoms with van der Waals surface area (Å²) in [7, 11) is 0. The topological polar surface area (TPSA) is 29.9 Å². The Balaban J connectivity index is 1.84. The molecule has 1 aliphatic rings. The summed E-state index contributed by atoms with van der Waals surface area (Å²) in [5.74, 6) is -0.804. The molecule has 106 valence electrons. The van der Waals surface area contributed by atoms with E-state index in [2.05, 4.69) is 10.3 Å². The number of nitrogens with zero attached hydrogens (tertiary/aromatic N) is 2. The van der Waals surface area contributed by atoms with E-state index in [1.807, 2.05) is 4.57 Å². The van der Waals surface area contributed by atoms with Crippen molar-refractivity contribution >= 4 is 0 Å². The van der Waals surface area contributed by atoms with Crippen molar-refractivity contribution in [2.24, 2.45) is 0 Å². The molecular weight excluding hydrogens is 260 g/mol. The summed E-state index contributed by atoms with van der Waals surface area (Å²) in [5.41, 5.74) is 1.38. The highest BCUT2D eigenvalue weighted by atomic mass is 19.1. The van der Waals surface area contributed by atoms with Crippen LogP contribution in [0.2, 0.25) is 0 Å². The van der Waals surface area contributed by atoms with Gasteiger partial charge in [0.1, 0.15) is 11.6 Å². The van der Waals surface area contributed by atoms with Crippen LogP contribution in [-0.2, 0) is 6.54 Å². The molecule has 2 heterocycles. The van der Waals surface area contributed by atoms with Gasteiger partial charge in [0.25, 0.3) is 0 Å². The number of rotatable bonds is 3. The molecule has 1 fully saturated rings. The Morgan fingerprint density at radius 2 is 2.20 bits per heavy atom. The average molecular weight is 277 g/mol. The summed E-state index contributed by atoms with van der Waals surface area (Å²) in [6, 6.07) is 3.80. The van der Waals surface area contributed by atoms with Crippen LogP contribution in [0.4, 0.5) is 8.78 Å². The Labute approximate surface area is 116 Å². The molecule has 0 radical (unpaired) electrons. The van der Waals surface area contributed by atoms with E-state index in [-0.39, 0.29) is 11.9 Å². The number of piperidine rings is 1. The Morgan fingerprint density at radius 3 is 3.00 bits per heavy atom. The third-order valence-electron chi connectivity index (χ3n) is 3.76. The Hall–Kier alpha value is -1.75. The molecule has 1 N–H and O–H groups in total. The molecule has 1 saturated heterocycles. The zero-order valence-corrected chi connectivity index (χ0v) is 11.1. The van der Waals surface area contributed by atoms with E-state index >= 15 is 0 Å². The minimum atomic E-state index is -0.418. The van der Waals surface area contributed by atoms with E-state index in [1.54, 1.807) is 12.5 Å². The van der Waals surface area contributed by atoms with Gasteiger partial charge in [-0.3, -0.25) is 0 Å². The van der Waals surface area contributed by atoms with E-state index < -0.39 is 5.82 Å². The van der Waals surface area contributed by atoms with Gasteiger partial charge in [-0.15, -0.1) is 0 Å². The maximum absolute atomic E-state index is 13.7. The van der Waals surface area contributed by atoms with Crippen molar-refractivity contribution < 1.29 is 8.78 Å². The normalized spacial score (nSPS) is 19.2. The zero-order chi connectivity index (χ0) is 13.9. The second-order valence-electron chi connectivity index (χ2n) is 5.18. The molecule has 5 heteroatoms. The standard InChI is InChI=1S/C15H17F2N3/c16-12-4-5-13(17)11(7-12)9-20-10-18-8-15(20)14-3-1-2-6-19-14/h4-5,7-8,10,14,19H,1-3,6,9H2. The van der Waals surface area contributed by atoms with Crippen molar-refractivity contribution in [1.29, 1.82) is 0 Å². The van der Waals surface area contributed by atoms with Gasteiger partial charge in [-0.1, -0.05) is 6.42 Å². The first-order valence-electron chi connectivity index (χ1n) is 6.91. The van der Waals surface area contributed by atoms with Crippen LogP contribution >= 0.6 is 0 Å². The second-order valence-corrected chi connectivity index (χ2v) is 5.18. The Kier molecular flexibility index (Phi) is 3.78. The Morgan fingerprint density at radius 1 is 1.30 bits per heavy atom. The summed E-state index contributed by atoms with van der Waals surface area (Å²) < 4.78 is 28.8. The summed E-state index contributed by atoms with van der Waals surface area (Å²) in [6.07, 6.45) is 6.90. The van der Waals surface area contributed by atoms with Crippen molar-refractivity contribution in [3.05, 3.63) is 53.6 Å². The second kappa shape index (κ2) is 5.71. The smallest absolute Gasteiger partial charge is 0.128 e. The van der Waals surface area contributed by atoms with Gasteiger partial charge < -0.3 is 9.88 Å².